The molecule has 0 atom stereocenters. The van der Waals surface area contributed by atoms with Gasteiger partial charge in [0.2, 0.25) is 0 Å². The van der Waals surface area contributed by atoms with Crippen LogP contribution in [0, 0.1) is 0 Å². The van der Waals surface area contributed by atoms with Gasteiger partial charge in [0.25, 0.3) is 0 Å². The Kier molecular flexibility index (Phi) is 2.57. The number of benzene rings is 1. The minimum Gasteiger partial charge on any atom is -0.354 e. The van der Waals surface area contributed by atoms with Crippen molar-refractivity contribution in [2.24, 2.45) is 0 Å². The molecular formula is C15H9N3OS. The van der Waals surface area contributed by atoms with Gasteiger partial charge in [-0.15, -0.1) is 21.5 Å². The topological polar surface area (TPSA) is 51.8 Å². The first-order valence-corrected chi connectivity index (χ1v) is 7.02. The van der Waals surface area contributed by atoms with Crippen LogP contribution < -0.4 is 0 Å². The Morgan fingerprint density at radius 2 is 1.85 bits per heavy atom. The van der Waals surface area contributed by atoms with Gasteiger partial charge in [0.15, 0.2) is 11.1 Å². The van der Waals surface area contributed by atoms with E-state index in [0.717, 1.165) is 21.8 Å². The first kappa shape index (κ1) is 11.3. The molecule has 1 aromatic carbocycles. The molecule has 0 aliphatic heterocycles. The molecule has 0 aliphatic carbocycles. The molecule has 0 saturated carbocycles. The Balaban J connectivity index is 1.87. The maximum absolute atomic E-state index is 5.39. The van der Waals surface area contributed by atoms with Crippen LogP contribution in [0.25, 0.3) is 32.9 Å². The molecule has 4 nitrogen and oxygen atoms in total. The van der Waals surface area contributed by atoms with E-state index in [1.807, 2.05) is 53.9 Å². The van der Waals surface area contributed by atoms with Crippen molar-refractivity contribution in [1.82, 2.24) is 15.4 Å². The molecule has 3 heterocycles. The lowest BCUT2D eigenvalue weighted by Gasteiger charge is -1.96. The summed E-state index contributed by atoms with van der Waals surface area (Å²) in [6.45, 7) is 0. The van der Waals surface area contributed by atoms with E-state index in [0.29, 0.717) is 11.1 Å². The van der Waals surface area contributed by atoms with Crippen LogP contribution in [0.5, 0.6) is 0 Å². The fraction of sp³-hybridized carbons (Fsp3) is 0. The molecule has 0 N–H and O–H groups in total. The van der Waals surface area contributed by atoms with E-state index in [1.165, 1.54) is 0 Å². The lowest BCUT2D eigenvalue weighted by molar-refractivity contribution is 0.459. The predicted molar refractivity (Wildman–Crippen MR) is 78.3 cm³/mol. The zero-order valence-electron chi connectivity index (χ0n) is 10.4. The van der Waals surface area contributed by atoms with Crippen LogP contribution in [0.1, 0.15) is 0 Å². The third-order valence-electron chi connectivity index (χ3n) is 3.04. The molecule has 4 aromatic rings. The molecule has 0 saturated heterocycles. The molecule has 0 unspecified atom stereocenters. The fourth-order valence-corrected chi connectivity index (χ4v) is 2.76. The molecule has 0 fully saturated rings. The van der Waals surface area contributed by atoms with E-state index < -0.39 is 0 Å². The summed E-state index contributed by atoms with van der Waals surface area (Å²) in [4.78, 5) is 1.07. The second kappa shape index (κ2) is 4.54. The van der Waals surface area contributed by atoms with Gasteiger partial charge in [-0.25, -0.2) is 0 Å². The highest BCUT2D eigenvalue weighted by Crippen LogP contribution is 2.29. The number of hydrogen-bond donors (Lipinski definition) is 0. The molecule has 20 heavy (non-hydrogen) atoms. The summed E-state index contributed by atoms with van der Waals surface area (Å²) in [5, 5.41) is 14.7. The monoisotopic (exact) mass is 279 g/mol. The zero-order chi connectivity index (χ0) is 13.4. The van der Waals surface area contributed by atoms with Gasteiger partial charge in [-0.3, -0.25) is 0 Å². The summed E-state index contributed by atoms with van der Waals surface area (Å²) >= 11 is 1.62. The van der Waals surface area contributed by atoms with Crippen LogP contribution in [-0.2, 0) is 0 Å². The largest absolute Gasteiger partial charge is 0.354 e. The lowest BCUT2D eigenvalue weighted by atomic mass is 10.1. The number of aromatic nitrogens is 3. The SMILES string of the molecule is c1ccc(-c2noc3cc(-c4cccs4)nnc23)cc1. The number of thiophene rings is 1. The normalized spacial score (nSPS) is 11.0. The smallest absolute Gasteiger partial charge is 0.190 e. The van der Waals surface area contributed by atoms with Gasteiger partial charge in [0.1, 0.15) is 11.4 Å². The molecule has 0 bridgehead atoms. The summed E-state index contributed by atoms with van der Waals surface area (Å²) < 4.78 is 5.39. The first-order valence-electron chi connectivity index (χ1n) is 6.14. The second-order valence-electron chi connectivity index (χ2n) is 4.32. The van der Waals surface area contributed by atoms with Crippen molar-refractivity contribution >= 4 is 22.4 Å². The molecule has 96 valence electrons. The van der Waals surface area contributed by atoms with Crippen LogP contribution in [0.15, 0.2) is 58.4 Å². The summed E-state index contributed by atoms with van der Waals surface area (Å²) in [5.74, 6) is 0. The van der Waals surface area contributed by atoms with Gasteiger partial charge >= 0.3 is 0 Å². The molecule has 3 aromatic heterocycles. The second-order valence-corrected chi connectivity index (χ2v) is 5.26. The van der Waals surface area contributed by atoms with Crippen LogP contribution in [0.4, 0.5) is 0 Å². The Bertz CT molecular complexity index is 853. The highest BCUT2D eigenvalue weighted by atomic mass is 32.1. The van der Waals surface area contributed by atoms with Crippen molar-refractivity contribution < 1.29 is 4.52 Å². The van der Waals surface area contributed by atoms with Crippen molar-refractivity contribution in [3.8, 4) is 21.8 Å². The van der Waals surface area contributed by atoms with Crippen LogP contribution in [0.3, 0.4) is 0 Å². The van der Waals surface area contributed by atoms with Gasteiger partial charge in [-0.2, -0.15) is 0 Å². The lowest BCUT2D eigenvalue weighted by Crippen LogP contribution is -1.87. The highest BCUT2D eigenvalue weighted by Gasteiger charge is 2.14. The molecule has 0 aliphatic rings. The third kappa shape index (κ3) is 1.80. The average molecular weight is 279 g/mol. The summed E-state index contributed by atoms with van der Waals surface area (Å²) in [7, 11) is 0. The predicted octanol–water partition coefficient (Wildman–Crippen LogP) is 4.01. The molecule has 4 rings (SSSR count). The van der Waals surface area contributed by atoms with Gasteiger partial charge < -0.3 is 4.52 Å². The van der Waals surface area contributed by atoms with E-state index in [4.69, 9.17) is 4.52 Å². The van der Waals surface area contributed by atoms with E-state index in [-0.39, 0.29) is 0 Å². The summed E-state index contributed by atoms with van der Waals surface area (Å²) in [6.07, 6.45) is 0. The van der Waals surface area contributed by atoms with Crippen LogP contribution in [0.2, 0.25) is 0 Å². The fourth-order valence-electron chi connectivity index (χ4n) is 2.08. The van der Waals surface area contributed by atoms with Crippen molar-refractivity contribution in [3.05, 3.63) is 53.9 Å². The number of hydrogen-bond acceptors (Lipinski definition) is 5. The Hall–Kier alpha value is -2.53. The van der Waals surface area contributed by atoms with E-state index in [9.17, 15) is 0 Å². The maximum atomic E-state index is 5.39. The zero-order valence-corrected chi connectivity index (χ0v) is 11.2. The Labute approximate surface area is 118 Å². The molecule has 0 spiro atoms. The van der Waals surface area contributed by atoms with Crippen LogP contribution >= 0.6 is 11.3 Å². The number of fused-ring (bicyclic) bond motifs is 1. The van der Waals surface area contributed by atoms with Crippen molar-refractivity contribution in [2.45, 2.75) is 0 Å². The first-order chi connectivity index (χ1) is 9.92. The number of rotatable bonds is 2. The third-order valence-corrected chi connectivity index (χ3v) is 3.93. The number of nitrogens with zero attached hydrogens (tertiary/aromatic N) is 3. The molecule has 0 radical (unpaired) electrons. The van der Waals surface area contributed by atoms with Gasteiger partial charge in [-0.1, -0.05) is 41.6 Å². The van der Waals surface area contributed by atoms with E-state index in [2.05, 4.69) is 15.4 Å². The summed E-state index contributed by atoms with van der Waals surface area (Å²) in [5.41, 5.74) is 3.86. The minimum atomic E-state index is 0.655. The van der Waals surface area contributed by atoms with Gasteiger partial charge in [0, 0.05) is 11.6 Å². The summed E-state index contributed by atoms with van der Waals surface area (Å²) in [6, 6.07) is 15.7. The Morgan fingerprint density at radius 3 is 2.65 bits per heavy atom. The molecule has 0 amide bonds. The van der Waals surface area contributed by atoms with Crippen molar-refractivity contribution in [1.29, 1.82) is 0 Å². The minimum absolute atomic E-state index is 0.655. The quantitative estimate of drug-likeness (QED) is 0.556. The van der Waals surface area contributed by atoms with Crippen molar-refractivity contribution in [2.75, 3.05) is 0 Å². The van der Waals surface area contributed by atoms with Gasteiger partial charge in [-0.05, 0) is 11.4 Å². The average Bonchev–Trinajstić information content (AvgIpc) is 3.17. The Morgan fingerprint density at radius 1 is 0.950 bits per heavy atom. The van der Waals surface area contributed by atoms with E-state index >= 15 is 0 Å². The highest BCUT2D eigenvalue weighted by molar-refractivity contribution is 7.13. The maximum Gasteiger partial charge on any atom is 0.190 e. The van der Waals surface area contributed by atoms with Gasteiger partial charge in [0.05, 0.1) is 4.88 Å². The molecule has 5 heteroatoms. The molecular weight excluding hydrogens is 270 g/mol. The van der Waals surface area contributed by atoms with Crippen LogP contribution in [-0.4, -0.2) is 15.4 Å². The van der Waals surface area contributed by atoms with E-state index in [1.54, 1.807) is 11.3 Å². The standard InChI is InChI=1S/C15H9N3OS/c1-2-5-10(6-3-1)14-15-12(19-18-14)9-11(16-17-15)13-7-4-8-20-13/h1-9H. The van der Waals surface area contributed by atoms with Crippen molar-refractivity contribution in [3.63, 3.8) is 0 Å².